The molecule has 1 saturated heterocycles. The van der Waals surface area contributed by atoms with Gasteiger partial charge in [0.1, 0.15) is 0 Å². The minimum absolute atomic E-state index is 0.0408. The van der Waals surface area contributed by atoms with E-state index in [2.05, 4.69) is 34.9 Å². The Balaban J connectivity index is 1.69. The smallest absolute Gasteiger partial charge is 0.224 e. The zero-order valence-electron chi connectivity index (χ0n) is 13.8. The lowest BCUT2D eigenvalue weighted by molar-refractivity contribution is -0.125. The van der Waals surface area contributed by atoms with Crippen molar-refractivity contribution in [1.29, 1.82) is 0 Å². The Labute approximate surface area is 143 Å². The third-order valence-electron chi connectivity index (χ3n) is 4.64. The Kier molecular flexibility index (Phi) is 5.62. The number of hydrogen-bond acceptors (Lipinski definition) is 3. The van der Waals surface area contributed by atoms with E-state index >= 15 is 0 Å². The Morgan fingerprint density at radius 2 is 1.62 bits per heavy atom. The van der Waals surface area contributed by atoms with E-state index in [-0.39, 0.29) is 23.8 Å². The number of amides is 1. The lowest BCUT2D eigenvalue weighted by Gasteiger charge is -2.27. The standard InChI is InChI=1S/C20H25N3O/c21-18-11-17(12-22-13-18)20(24)23-14-19(15-7-3-1-4-8-15)16-9-5-2-6-10-16/h1-10,17-19,22H,11-14,21H2,(H,23,24)/t17-,18+/m0/s1. The second-order valence-electron chi connectivity index (χ2n) is 6.47. The molecule has 4 nitrogen and oxygen atoms in total. The van der Waals surface area contributed by atoms with Crippen molar-refractivity contribution in [1.82, 2.24) is 10.6 Å². The highest BCUT2D eigenvalue weighted by atomic mass is 16.1. The Bertz CT molecular complexity index is 605. The summed E-state index contributed by atoms with van der Waals surface area (Å²) in [6, 6.07) is 20.7. The molecule has 0 saturated carbocycles. The second-order valence-corrected chi connectivity index (χ2v) is 6.47. The van der Waals surface area contributed by atoms with Gasteiger partial charge in [0, 0.05) is 31.6 Å². The van der Waals surface area contributed by atoms with Crippen molar-refractivity contribution in [2.24, 2.45) is 11.7 Å². The van der Waals surface area contributed by atoms with Gasteiger partial charge in [0.2, 0.25) is 5.91 Å². The predicted molar refractivity (Wildman–Crippen MR) is 96.7 cm³/mol. The summed E-state index contributed by atoms with van der Waals surface area (Å²) in [5.41, 5.74) is 8.38. The van der Waals surface area contributed by atoms with E-state index in [0.717, 1.165) is 13.0 Å². The summed E-state index contributed by atoms with van der Waals surface area (Å²) in [7, 11) is 0. The highest BCUT2D eigenvalue weighted by Gasteiger charge is 2.25. The molecule has 0 radical (unpaired) electrons. The van der Waals surface area contributed by atoms with Crippen molar-refractivity contribution in [3.8, 4) is 0 Å². The molecule has 4 N–H and O–H groups in total. The van der Waals surface area contributed by atoms with Gasteiger partial charge in [-0.1, -0.05) is 60.7 Å². The number of carbonyl (C=O) groups is 1. The molecule has 2 atom stereocenters. The van der Waals surface area contributed by atoms with Crippen LogP contribution in [0.1, 0.15) is 23.5 Å². The van der Waals surface area contributed by atoms with Gasteiger partial charge in [-0.2, -0.15) is 0 Å². The molecule has 1 aliphatic rings. The molecule has 3 rings (SSSR count). The maximum absolute atomic E-state index is 12.5. The van der Waals surface area contributed by atoms with Crippen molar-refractivity contribution in [2.45, 2.75) is 18.4 Å². The van der Waals surface area contributed by atoms with Gasteiger partial charge in [-0.3, -0.25) is 4.79 Å². The minimum Gasteiger partial charge on any atom is -0.355 e. The highest BCUT2D eigenvalue weighted by Crippen LogP contribution is 2.24. The van der Waals surface area contributed by atoms with Crippen LogP contribution in [0.15, 0.2) is 60.7 Å². The van der Waals surface area contributed by atoms with Crippen molar-refractivity contribution in [2.75, 3.05) is 19.6 Å². The van der Waals surface area contributed by atoms with Gasteiger partial charge in [-0.15, -0.1) is 0 Å². The largest absolute Gasteiger partial charge is 0.355 e. The minimum atomic E-state index is -0.0408. The fraction of sp³-hybridized carbons (Fsp3) is 0.350. The molecule has 1 fully saturated rings. The first kappa shape index (κ1) is 16.7. The fourth-order valence-corrected chi connectivity index (χ4v) is 3.32. The number of hydrogen-bond donors (Lipinski definition) is 3. The third-order valence-corrected chi connectivity index (χ3v) is 4.64. The zero-order chi connectivity index (χ0) is 16.8. The van der Waals surface area contributed by atoms with Crippen LogP contribution in [0.25, 0.3) is 0 Å². The van der Waals surface area contributed by atoms with Gasteiger partial charge >= 0.3 is 0 Å². The van der Waals surface area contributed by atoms with Crippen LogP contribution in [0, 0.1) is 5.92 Å². The van der Waals surface area contributed by atoms with E-state index in [1.165, 1.54) is 11.1 Å². The maximum atomic E-state index is 12.5. The summed E-state index contributed by atoms with van der Waals surface area (Å²) >= 11 is 0. The van der Waals surface area contributed by atoms with Gasteiger partial charge in [-0.25, -0.2) is 0 Å². The Hall–Kier alpha value is -2.17. The van der Waals surface area contributed by atoms with Crippen LogP contribution in [0.3, 0.4) is 0 Å². The van der Waals surface area contributed by atoms with Crippen LogP contribution in [0.2, 0.25) is 0 Å². The van der Waals surface area contributed by atoms with Crippen molar-refractivity contribution < 1.29 is 4.79 Å². The number of benzene rings is 2. The summed E-state index contributed by atoms with van der Waals surface area (Å²) in [4.78, 5) is 12.5. The van der Waals surface area contributed by atoms with Crippen LogP contribution in [0.5, 0.6) is 0 Å². The van der Waals surface area contributed by atoms with E-state index in [1.807, 2.05) is 36.4 Å². The number of rotatable bonds is 5. The average Bonchev–Trinajstić information content (AvgIpc) is 2.63. The van der Waals surface area contributed by atoms with Gasteiger partial charge in [-0.05, 0) is 17.5 Å². The van der Waals surface area contributed by atoms with Crippen LogP contribution >= 0.6 is 0 Å². The van der Waals surface area contributed by atoms with Gasteiger partial charge in [0.25, 0.3) is 0 Å². The van der Waals surface area contributed by atoms with E-state index in [9.17, 15) is 4.79 Å². The van der Waals surface area contributed by atoms with Crippen LogP contribution < -0.4 is 16.4 Å². The van der Waals surface area contributed by atoms with Crippen LogP contribution in [-0.2, 0) is 4.79 Å². The van der Waals surface area contributed by atoms with Crippen molar-refractivity contribution in [3.63, 3.8) is 0 Å². The molecule has 0 spiro atoms. The molecule has 126 valence electrons. The summed E-state index contributed by atoms with van der Waals surface area (Å²) in [5.74, 6) is 0.206. The summed E-state index contributed by atoms with van der Waals surface area (Å²) in [6.45, 7) is 2.10. The highest BCUT2D eigenvalue weighted by molar-refractivity contribution is 5.79. The van der Waals surface area contributed by atoms with Crippen LogP contribution in [-0.4, -0.2) is 31.6 Å². The second kappa shape index (κ2) is 8.08. The SMILES string of the molecule is N[C@H]1CNC[C@@H](C(=O)NCC(c2ccccc2)c2ccccc2)C1. The molecule has 1 amide bonds. The molecule has 24 heavy (non-hydrogen) atoms. The van der Waals surface area contributed by atoms with Gasteiger partial charge in [0.15, 0.2) is 0 Å². The number of nitrogens with two attached hydrogens (primary N) is 1. The third kappa shape index (κ3) is 4.22. The lowest BCUT2D eigenvalue weighted by atomic mass is 9.90. The van der Waals surface area contributed by atoms with Gasteiger partial charge in [0.05, 0.1) is 5.92 Å². The number of carbonyl (C=O) groups excluding carboxylic acids is 1. The molecule has 2 aromatic rings. The maximum Gasteiger partial charge on any atom is 0.224 e. The molecule has 0 aliphatic carbocycles. The zero-order valence-corrected chi connectivity index (χ0v) is 13.8. The number of piperidine rings is 1. The summed E-state index contributed by atoms with van der Waals surface area (Å²) in [5, 5.41) is 6.37. The van der Waals surface area contributed by atoms with Crippen molar-refractivity contribution in [3.05, 3.63) is 71.8 Å². The van der Waals surface area contributed by atoms with E-state index in [1.54, 1.807) is 0 Å². The van der Waals surface area contributed by atoms with E-state index in [4.69, 9.17) is 5.73 Å². The summed E-state index contributed by atoms with van der Waals surface area (Å²) in [6.07, 6.45) is 0.750. The molecule has 0 bridgehead atoms. The molecule has 0 aromatic heterocycles. The first-order chi connectivity index (χ1) is 11.7. The molecular weight excluding hydrogens is 298 g/mol. The molecule has 1 aliphatic heterocycles. The Morgan fingerprint density at radius 3 is 2.17 bits per heavy atom. The van der Waals surface area contributed by atoms with Crippen molar-refractivity contribution >= 4 is 5.91 Å². The monoisotopic (exact) mass is 323 g/mol. The molecule has 0 unspecified atom stereocenters. The predicted octanol–water partition coefficient (Wildman–Crippen LogP) is 1.87. The average molecular weight is 323 g/mol. The molecule has 2 aromatic carbocycles. The quantitative estimate of drug-likeness (QED) is 0.787. The molecule has 1 heterocycles. The fourth-order valence-electron chi connectivity index (χ4n) is 3.32. The topological polar surface area (TPSA) is 67.1 Å². The van der Waals surface area contributed by atoms with Gasteiger partial charge < -0.3 is 16.4 Å². The first-order valence-electron chi connectivity index (χ1n) is 8.58. The first-order valence-corrected chi connectivity index (χ1v) is 8.58. The molecule has 4 heteroatoms. The van der Waals surface area contributed by atoms with E-state index in [0.29, 0.717) is 13.1 Å². The van der Waals surface area contributed by atoms with Crippen LogP contribution in [0.4, 0.5) is 0 Å². The normalized spacial score (nSPS) is 20.8. The van der Waals surface area contributed by atoms with E-state index < -0.39 is 0 Å². The Morgan fingerprint density at radius 1 is 1.04 bits per heavy atom. The summed E-state index contributed by atoms with van der Waals surface area (Å²) < 4.78 is 0. The number of nitrogens with one attached hydrogen (secondary N) is 2. The molecular formula is C20H25N3O. The lowest BCUT2D eigenvalue weighted by Crippen LogP contribution is -2.49.